The molecule has 2 rings (SSSR count). The van der Waals surface area contributed by atoms with Crippen LogP contribution in [0.2, 0.25) is 0 Å². The minimum absolute atomic E-state index is 0.117. The number of hydrogen-bond acceptors (Lipinski definition) is 4. The highest BCUT2D eigenvalue weighted by Crippen LogP contribution is 2.34. The fraction of sp³-hybridized carbons (Fsp3) is 0.455. The van der Waals surface area contributed by atoms with Crippen LogP contribution in [-0.2, 0) is 0 Å². The van der Waals surface area contributed by atoms with Crippen molar-refractivity contribution in [2.45, 2.75) is 24.8 Å². The van der Waals surface area contributed by atoms with Gasteiger partial charge in [-0.3, -0.25) is 0 Å². The molecule has 1 aromatic heterocycles. The van der Waals surface area contributed by atoms with E-state index in [1.54, 1.807) is 18.3 Å². The minimum atomic E-state index is -0.207. The monoisotopic (exact) mass is 203 g/mol. The van der Waals surface area contributed by atoms with E-state index in [4.69, 9.17) is 5.26 Å². The van der Waals surface area contributed by atoms with Crippen molar-refractivity contribution < 1.29 is 5.11 Å². The molecule has 0 aliphatic heterocycles. The summed E-state index contributed by atoms with van der Waals surface area (Å²) in [5, 5.41) is 21.2. The first kappa shape index (κ1) is 9.94. The number of rotatable bonds is 3. The van der Waals surface area contributed by atoms with Crippen molar-refractivity contribution in [3.63, 3.8) is 0 Å². The van der Waals surface area contributed by atoms with E-state index >= 15 is 0 Å². The number of nitrogens with zero attached hydrogens (tertiary/aromatic N) is 2. The molecule has 1 aromatic rings. The van der Waals surface area contributed by atoms with Crippen LogP contribution in [0, 0.1) is 11.3 Å². The third-order valence-corrected chi connectivity index (χ3v) is 2.90. The SMILES string of the molecule is N#Cc1ccnc(NC2(CO)CCC2)c1. The second kappa shape index (κ2) is 3.87. The Bertz CT molecular complexity index is 388. The zero-order valence-corrected chi connectivity index (χ0v) is 8.40. The van der Waals surface area contributed by atoms with Gasteiger partial charge in [-0.15, -0.1) is 0 Å². The van der Waals surface area contributed by atoms with Gasteiger partial charge in [-0.25, -0.2) is 4.98 Å². The minimum Gasteiger partial charge on any atom is -0.394 e. The second-order valence-corrected chi connectivity index (χ2v) is 3.96. The largest absolute Gasteiger partial charge is 0.394 e. The van der Waals surface area contributed by atoms with E-state index in [-0.39, 0.29) is 12.1 Å². The van der Waals surface area contributed by atoms with Gasteiger partial charge in [0.25, 0.3) is 0 Å². The van der Waals surface area contributed by atoms with E-state index in [1.807, 2.05) is 0 Å². The summed E-state index contributed by atoms with van der Waals surface area (Å²) in [5.41, 5.74) is 0.376. The summed E-state index contributed by atoms with van der Waals surface area (Å²) in [5.74, 6) is 0.669. The molecule has 0 radical (unpaired) electrons. The Balaban J connectivity index is 2.13. The molecule has 0 atom stereocenters. The van der Waals surface area contributed by atoms with Gasteiger partial charge in [-0.2, -0.15) is 5.26 Å². The number of aromatic nitrogens is 1. The Labute approximate surface area is 88.6 Å². The van der Waals surface area contributed by atoms with E-state index in [1.165, 1.54) is 0 Å². The lowest BCUT2D eigenvalue weighted by Crippen LogP contribution is -2.48. The average Bonchev–Trinajstić information content (AvgIpc) is 2.24. The first-order valence-electron chi connectivity index (χ1n) is 5.03. The van der Waals surface area contributed by atoms with E-state index in [9.17, 15) is 5.11 Å². The Morgan fingerprint density at radius 1 is 1.60 bits per heavy atom. The van der Waals surface area contributed by atoms with Gasteiger partial charge in [-0.05, 0) is 31.4 Å². The third-order valence-electron chi connectivity index (χ3n) is 2.90. The fourth-order valence-electron chi connectivity index (χ4n) is 1.77. The summed E-state index contributed by atoms with van der Waals surface area (Å²) in [6, 6.07) is 5.43. The lowest BCUT2D eigenvalue weighted by Gasteiger charge is -2.41. The van der Waals surface area contributed by atoms with Gasteiger partial charge in [0, 0.05) is 6.20 Å². The van der Waals surface area contributed by atoms with Crippen LogP contribution in [0.1, 0.15) is 24.8 Å². The molecule has 4 heteroatoms. The molecule has 0 spiro atoms. The first-order chi connectivity index (χ1) is 7.28. The highest BCUT2D eigenvalue weighted by Gasteiger charge is 2.36. The van der Waals surface area contributed by atoms with E-state index in [0.29, 0.717) is 11.4 Å². The van der Waals surface area contributed by atoms with Crippen LogP contribution in [-0.4, -0.2) is 22.2 Å². The zero-order valence-electron chi connectivity index (χ0n) is 8.40. The summed E-state index contributed by atoms with van der Waals surface area (Å²) in [6.07, 6.45) is 4.65. The molecular formula is C11H13N3O. The summed E-state index contributed by atoms with van der Waals surface area (Å²) in [4.78, 5) is 4.13. The fourth-order valence-corrected chi connectivity index (χ4v) is 1.77. The third kappa shape index (κ3) is 1.92. The van der Waals surface area contributed by atoms with Gasteiger partial charge in [0.05, 0.1) is 23.8 Å². The van der Waals surface area contributed by atoms with Crippen molar-refractivity contribution in [1.29, 1.82) is 5.26 Å². The van der Waals surface area contributed by atoms with Crippen LogP contribution in [0.15, 0.2) is 18.3 Å². The Kier molecular flexibility index (Phi) is 2.57. The molecule has 4 nitrogen and oxygen atoms in total. The molecule has 0 aromatic carbocycles. The molecule has 1 aliphatic carbocycles. The number of nitrogens with one attached hydrogen (secondary N) is 1. The van der Waals surface area contributed by atoms with Gasteiger partial charge in [0.15, 0.2) is 0 Å². The van der Waals surface area contributed by atoms with Crippen LogP contribution < -0.4 is 5.32 Å². The molecule has 1 saturated carbocycles. The molecule has 0 bridgehead atoms. The van der Waals surface area contributed by atoms with Gasteiger partial charge in [-0.1, -0.05) is 0 Å². The normalized spacial score (nSPS) is 17.6. The summed E-state index contributed by atoms with van der Waals surface area (Å²) >= 11 is 0. The van der Waals surface area contributed by atoms with Gasteiger partial charge < -0.3 is 10.4 Å². The molecule has 1 aliphatic rings. The van der Waals surface area contributed by atoms with Gasteiger partial charge in [0.2, 0.25) is 0 Å². The Hall–Kier alpha value is -1.60. The molecular weight excluding hydrogens is 190 g/mol. The quantitative estimate of drug-likeness (QED) is 0.776. The molecule has 78 valence electrons. The standard InChI is InChI=1S/C11H13N3O/c12-7-9-2-5-13-10(6-9)14-11(8-15)3-1-4-11/h2,5-6,15H,1,3-4,8H2,(H,13,14). The van der Waals surface area contributed by atoms with Crippen LogP contribution >= 0.6 is 0 Å². The lowest BCUT2D eigenvalue weighted by molar-refractivity contribution is 0.144. The van der Waals surface area contributed by atoms with Crippen LogP contribution in [0.3, 0.4) is 0 Å². The van der Waals surface area contributed by atoms with Crippen molar-refractivity contribution in [2.75, 3.05) is 11.9 Å². The molecule has 15 heavy (non-hydrogen) atoms. The van der Waals surface area contributed by atoms with Crippen LogP contribution in [0.4, 0.5) is 5.82 Å². The van der Waals surface area contributed by atoms with E-state index in [2.05, 4.69) is 16.4 Å². The van der Waals surface area contributed by atoms with Crippen LogP contribution in [0.5, 0.6) is 0 Å². The molecule has 0 amide bonds. The molecule has 0 unspecified atom stereocenters. The average molecular weight is 203 g/mol. The number of aliphatic hydroxyl groups excluding tert-OH is 1. The summed E-state index contributed by atoms with van der Waals surface area (Å²) < 4.78 is 0. The number of pyridine rings is 1. The maximum Gasteiger partial charge on any atom is 0.127 e. The molecule has 1 heterocycles. The van der Waals surface area contributed by atoms with Gasteiger partial charge in [0.1, 0.15) is 5.82 Å². The van der Waals surface area contributed by atoms with Crippen molar-refractivity contribution >= 4 is 5.82 Å². The Morgan fingerprint density at radius 2 is 2.40 bits per heavy atom. The molecule has 1 fully saturated rings. The number of hydrogen-bond donors (Lipinski definition) is 2. The lowest BCUT2D eigenvalue weighted by atomic mass is 9.77. The van der Waals surface area contributed by atoms with Gasteiger partial charge >= 0.3 is 0 Å². The zero-order chi connectivity index (χ0) is 10.7. The number of aliphatic hydroxyl groups is 1. The number of nitriles is 1. The smallest absolute Gasteiger partial charge is 0.127 e. The maximum absolute atomic E-state index is 9.27. The first-order valence-corrected chi connectivity index (χ1v) is 5.03. The van der Waals surface area contributed by atoms with Crippen molar-refractivity contribution in [2.24, 2.45) is 0 Å². The predicted octanol–water partition coefficient (Wildman–Crippen LogP) is 1.28. The predicted molar refractivity (Wildman–Crippen MR) is 56.2 cm³/mol. The topological polar surface area (TPSA) is 68.9 Å². The highest BCUT2D eigenvalue weighted by atomic mass is 16.3. The number of anilines is 1. The summed E-state index contributed by atoms with van der Waals surface area (Å²) in [6.45, 7) is 0.117. The van der Waals surface area contributed by atoms with Crippen molar-refractivity contribution in [1.82, 2.24) is 4.98 Å². The Morgan fingerprint density at radius 3 is 2.93 bits per heavy atom. The van der Waals surface area contributed by atoms with E-state index in [0.717, 1.165) is 19.3 Å². The highest BCUT2D eigenvalue weighted by molar-refractivity contribution is 5.45. The second-order valence-electron chi connectivity index (χ2n) is 3.96. The molecule has 0 saturated heterocycles. The maximum atomic E-state index is 9.27. The summed E-state index contributed by atoms with van der Waals surface area (Å²) in [7, 11) is 0. The van der Waals surface area contributed by atoms with Crippen LogP contribution in [0.25, 0.3) is 0 Å². The van der Waals surface area contributed by atoms with Crippen molar-refractivity contribution in [3.8, 4) is 6.07 Å². The van der Waals surface area contributed by atoms with E-state index < -0.39 is 0 Å². The van der Waals surface area contributed by atoms with Crippen molar-refractivity contribution in [3.05, 3.63) is 23.9 Å². The molecule has 2 N–H and O–H groups in total.